The third-order valence-corrected chi connectivity index (χ3v) is 3.98. The molecule has 0 heterocycles. The number of amides is 1. The SMILES string of the molecule is COc1cc(C=NNC(=O)COc2cc(C)c(Cl)c(C)c2)ccc1O. The van der Waals surface area contributed by atoms with E-state index in [4.69, 9.17) is 21.1 Å². The maximum atomic E-state index is 11.8. The van der Waals surface area contributed by atoms with E-state index in [-0.39, 0.29) is 12.4 Å². The molecule has 0 saturated heterocycles. The van der Waals surface area contributed by atoms with E-state index in [0.717, 1.165) is 11.1 Å². The highest BCUT2D eigenvalue weighted by Gasteiger charge is 2.06. The molecule has 25 heavy (non-hydrogen) atoms. The second kappa shape index (κ2) is 8.39. The lowest BCUT2D eigenvalue weighted by Gasteiger charge is -2.09. The zero-order chi connectivity index (χ0) is 18.4. The second-order valence-electron chi connectivity index (χ2n) is 5.38. The van der Waals surface area contributed by atoms with E-state index in [2.05, 4.69) is 10.5 Å². The zero-order valence-corrected chi connectivity index (χ0v) is 14.9. The Morgan fingerprint density at radius 1 is 1.28 bits per heavy atom. The number of benzene rings is 2. The number of aromatic hydroxyl groups is 1. The zero-order valence-electron chi connectivity index (χ0n) is 14.2. The molecule has 2 aromatic carbocycles. The van der Waals surface area contributed by atoms with Gasteiger partial charge in [0.1, 0.15) is 5.75 Å². The van der Waals surface area contributed by atoms with Gasteiger partial charge in [0.05, 0.1) is 13.3 Å². The lowest BCUT2D eigenvalue weighted by atomic mass is 10.1. The third kappa shape index (κ3) is 5.12. The van der Waals surface area contributed by atoms with Gasteiger partial charge in [-0.1, -0.05) is 11.6 Å². The van der Waals surface area contributed by atoms with Crippen LogP contribution >= 0.6 is 11.6 Å². The average molecular weight is 363 g/mol. The minimum Gasteiger partial charge on any atom is -0.504 e. The first-order chi connectivity index (χ1) is 11.9. The molecule has 2 aromatic rings. The molecule has 0 fully saturated rings. The predicted octanol–water partition coefficient (Wildman–Crippen LogP) is 3.20. The summed E-state index contributed by atoms with van der Waals surface area (Å²) in [6.45, 7) is 3.58. The number of ether oxygens (including phenoxy) is 2. The summed E-state index contributed by atoms with van der Waals surface area (Å²) in [5, 5.41) is 14.0. The number of hydrazone groups is 1. The van der Waals surface area contributed by atoms with Crippen molar-refractivity contribution >= 4 is 23.7 Å². The number of carbonyl (C=O) groups excluding carboxylic acids is 1. The van der Waals surface area contributed by atoms with Crippen LogP contribution in [0.2, 0.25) is 5.02 Å². The molecule has 0 aliphatic rings. The standard InChI is InChI=1S/C18H19ClN2O4/c1-11-6-14(7-12(2)18(11)19)25-10-17(23)21-20-9-13-4-5-15(22)16(8-13)24-3/h4-9,22H,10H2,1-3H3,(H,21,23). The molecule has 132 valence electrons. The van der Waals surface area contributed by atoms with Crippen LogP contribution < -0.4 is 14.9 Å². The number of rotatable bonds is 6. The van der Waals surface area contributed by atoms with E-state index in [9.17, 15) is 9.90 Å². The van der Waals surface area contributed by atoms with Gasteiger partial charge in [0.25, 0.3) is 5.91 Å². The molecule has 7 heteroatoms. The summed E-state index contributed by atoms with van der Waals surface area (Å²) < 4.78 is 10.4. The number of methoxy groups -OCH3 is 1. The van der Waals surface area contributed by atoms with Crippen molar-refractivity contribution in [1.29, 1.82) is 0 Å². The van der Waals surface area contributed by atoms with Gasteiger partial charge in [-0.3, -0.25) is 4.79 Å². The summed E-state index contributed by atoms with van der Waals surface area (Å²) in [5.41, 5.74) is 4.81. The summed E-state index contributed by atoms with van der Waals surface area (Å²) >= 11 is 6.09. The molecular formula is C18H19ClN2O4. The van der Waals surface area contributed by atoms with Gasteiger partial charge in [-0.05, 0) is 60.9 Å². The molecule has 0 atom stereocenters. The minimum atomic E-state index is -0.396. The molecule has 2 rings (SSSR count). The molecule has 0 unspecified atom stereocenters. The maximum absolute atomic E-state index is 11.8. The van der Waals surface area contributed by atoms with Crippen LogP contribution in [0, 0.1) is 13.8 Å². The smallest absolute Gasteiger partial charge is 0.277 e. The molecule has 2 N–H and O–H groups in total. The Balaban J connectivity index is 1.88. The fourth-order valence-corrected chi connectivity index (χ4v) is 2.23. The Hall–Kier alpha value is -2.73. The molecule has 0 aliphatic carbocycles. The van der Waals surface area contributed by atoms with Crippen LogP contribution in [0.25, 0.3) is 0 Å². The van der Waals surface area contributed by atoms with Crippen molar-refractivity contribution in [2.24, 2.45) is 5.10 Å². The van der Waals surface area contributed by atoms with Crippen molar-refractivity contribution in [3.05, 3.63) is 52.0 Å². The van der Waals surface area contributed by atoms with E-state index in [0.29, 0.717) is 22.1 Å². The predicted molar refractivity (Wildman–Crippen MR) is 96.8 cm³/mol. The third-order valence-electron chi connectivity index (χ3n) is 3.39. The monoisotopic (exact) mass is 362 g/mol. The Labute approximate surface area is 151 Å². The molecule has 0 spiro atoms. The fraction of sp³-hybridized carbons (Fsp3) is 0.222. The van der Waals surface area contributed by atoms with Crippen LogP contribution in [0.5, 0.6) is 17.2 Å². The number of phenolic OH excluding ortho intramolecular Hbond substituents is 1. The van der Waals surface area contributed by atoms with Crippen molar-refractivity contribution in [3.63, 3.8) is 0 Å². The normalized spacial score (nSPS) is 10.7. The minimum absolute atomic E-state index is 0.0330. The summed E-state index contributed by atoms with van der Waals surface area (Å²) in [6.07, 6.45) is 1.44. The average Bonchev–Trinajstić information content (AvgIpc) is 2.59. The van der Waals surface area contributed by atoms with Crippen LogP contribution in [-0.2, 0) is 4.79 Å². The van der Waals surface area contributed by atoms with Crippen molar-refractivity contribution in [2.45, 2.75) is 13.8 Å². The number of nitrogens with one attached hydrogen (secondary N) is 1. The maximum Gasteiger partial charge on any atom is 0.277 e. The van der Waals surface area contributed by atoms with Crippen molar-refractivity contribution in [2.75, 3.05) is 13.7 Å². The Morgan fingerprint density at radius 3 is 2.60 bits per heavy atom. The van der Waals surface area contributed by atoms with Gasteiger partial charge >= 0.3 is 0 Å². The van der Waals surface area contributed by atoms with Gasteiger partial charge in [-0.2, -0.15) is 5.10 Å². The molecule has 0 radical (unpaired) electrons. The van der Waals surface area contributed by atoms with Crippen molar-refractivity contribution in [3.8, 4) is 17.2 Å². The number of nitrogens with zero attached hydrogens (tertiary/aromatic N) is 1. The number of halogens is 1. The number of hydrogen-bond acceptors (Lipinski definition) is 5. The Kier molecular flexibility index (Phi) is 6.25. The fourth-order valence-electron chi connectivity index (χ4n) is 2.12. The Bertz CT molecular complexity index is 783. The lowest BCUT2D eigenvalue weighted by Crippen LogP contribution is -2.24. The van der Waals surface area contributed by atoms with E-state index < -0.39 is 5.91 Å². The van der Waals surface area contributed by atoms with Gasteiger partial charge in [-0.25, -0.2) is 5.43 Å². The van der Waals surface area contributed by atoms with E-state index in [1.807, 2.05) is 13.8 Å². The van der Waals surface area contributed by atoms with E-state index >= 15 is 0 Å². The molecule has 0 bridgehead atoms. The lowest BCUT2D eigenvalue weighted by molar-refractivity contribution is -0.123. The van der Waals surface area contributed by atoms with Gasteiger partial charge < -0.3 is 14.6 Å². The highest BCUT2D eigenvalue weighted by molar-refractivity contribution is 6.32. The molecule has 0 aromatic heterocycles. The van der Waals surface area contributed by atoms with Crippen molar-refractivity contribution < 1.29 is 19.4 Å². The van der Waals surface area contributed by atoms with Crippen LogP contribution in [0.15, 0.2) is 35.4 Å². The summed E-state index contributed by atoms with van der Waals surface area (Å²) in [7, 11) is 1.45. The van der Waals surface area contributed by atoms with Gasteiger partial charge in [0.2, 0.25) is 0 Å². The quantitative estimate of drug-likeness (QED) is 0.611. The first kappa shape index (κ1) is 18.6. The number of aryl methyl sites for hydroxylation is 2. The molecule has 1 amide bonds. The molecular weight excluding hydrogens is 344 g/mol. The first-order valence-corrected chi connectivity index (χ1v) is 7.87. The molecule has 0 aliphatic heterocycles. The van der Waals surface area contributed by atoms with Crippen LogP contribution in [-0.4, -0.2) is 30.9 Å². The summed E-state index contributed by atoms with van der Waals surface area (Å²) in [5.74, 6) is 0.534. The van der Waals surface area contributed by atoms with Crippen LogP contribution in [0.4, 0.5) is 0 Å². The number of phenols is 1. The second-order valence-corrected chi connectivity index (χ2v) is 5.76. The van der Waals surface area contributed by atoms with Crippen LogP contribution in [0.3, 0.4) is 0 Å². The number of carbonyl (C=O) groups is 1. The molecule has 0 saturated carbocycles. The van der Waals surface area contributed by atoms with Gasteiger partial charge in [0.15, 0.2) is 18.1 Å². The largest absolute Gasteiger partial charge is 0.504 e. The van der Waals surface area contributed by atoms with Crippen LogP contribution in [0.1, 0.15) is 16.7 Å². The Morgan fingerprint density at radius 2 is 1.96 bits per heavy atom. The number of hydrogen-bond donors (Lipinski definition) is 2. The topological polar surface area (TPSA) is 80.2 Å². The summed E-state index contributed by atoms with van der Waals surface area (Å²) in [4.78, 5) is 11.8. The van der Waals surface area contributed by atoms with Crippen molar-refractivity contribution in [1.82, 2.24) is 5.43 Å². The summed E-state index contributed by atoms with van der Waals surface area (Å²) in [6, 6.07) is 8.27. The van der Waals surface area contributed by atoms with Gasteiger partial charge in [0, 0.05) is 5.02 Å². The van der Waals surface area contributed by atoms with E-state index in [1.165, 1.54) is 19.4 Å². The molecule has 6 nitrogen and oxygen atoms in total. The van der Waals surface area contributed by atoms with Gasteiger partial charge in [-0.15, -0.1) is 0 Å². The van der Waals surface area contributed by atoms with E-state index in [1.54, 1.807) is 24.3 Å². The first-order valence-electron chi connectivity index (χ1n) is 7.49. The highest BCUT2D eigenvalue weighted by atomic mass is 35.5. The highest BCUT2D eigenvalue weighted by Crippen LogP contribution is 2.26.